The molecule has 3 heterocycles. The summed E-state index contributed by atoms with van der Waals surface area (Å²) in [4.78, 5) is 25.9. The highest BCUT2D eigenvalue weighted by Gasteiger charge is 2.21. The van der Waals surface area contributed by atoms with E-state index in [-0.39, 0.29) is 11.5 Å². The van der Waals surface area contributed by atoms with Crippen LogP contribution in [-0.2, 0) is 0 Å². The van der Waals surface area contributed by atoms with Gasteiger partial charge >= 0.3 is 0 Å². The van der Waals surface area contributed by atoms with E-state index in [9.17, 15) is 9.18 Å². The first-order valence-corrected chi connectivity index (χ1v) is 8.40. The minimum Gasteiger partial charge on any atom is -0.297 e. The Bertz CT molecular complexity index is 1140. The number of rotatable bonds is 4. The normalized spacial score (nSPS) is 10.9. The molecular formula is C19H13ClFN5O. The highest BCUT2D eigenvalue weighted by atomic mass is 35.5. The average Bonchev–Trinajstić information content (AvgIpc) is 3.06. The van der Waals surface area contributed by atoms with Gasteiger partial charge in [0.15, 0.2) is 6.29 Å². The molecule has 8 heteroatoms. The van der Waals surface area contributed by atoms with Crippen LogP contribution in [0.3, 0.4) is 0 Å². The zero-order valence-electron chi connectivity index (χ0n) is 14.2. The van der Waals surface area contributed by atoms with E-state index in [4.69, 9.17) is 11.6 Å². The standard InChI is InChI=1S/C19H13ClFN5O/c1-25(19-22-9-8-15(11-27)23-19)18-17(12-2-5-14(21)6-3-12)24-16-7-4-13(20)10-26(16)18/h2-11H,1H3. The predicted molar refractivity (Wildman–Crippen MR) is 101 cm³/mol. The first kappa shape index (κ1) is 17.1. The van der Waals surface area contributed by atoms with Crippen LogP contribution in [0.2, 0.25) is 5.02 Å². The van der Waals surface area contributed by atoms with Gasteiger partial charge in [-0.2, -0.15) is 0 Å². The minimum absolute atomic E-state index is 0.266. The highest BCUT2D eigenvalue weighted by molar-refractivity contribution is 6.30. The van der Waals surface area contributed by atoms with Gasteiger partial charge in [0.2, 0.25) is 5.95 Å². The summed E-state index contributed by atoms with van der Waals surface area (Å²) in [5.74, 6) is 0.634. The van der Waals surface area contributed by atoms with E-state index in [0.717, 1.165) is 5.56 Å². The van der Waals surface area contributed by atoms with Crippen molar-refractivity contribution in [3.05, 3.63) is 71.4 Å². The summed E-state index contributed by atoms with van der Waals surface area (Å²) in [5, 5.41) is 0.530. The second kappa shape index (κ2) is 6.77. The molecule has 27 heavy (non-hydrogen) atoms. The van der Waals surface area contributed by atoms with Crippen LogP contribution in [-0.4, -0.2) is 32.7 Å². The van der Waals surface area contributed by atoms with Gasteiger partial charge in [-0.15, -0.1) is 0 Å². The van der Waals surface area contributed by atoms with Crippen LogP contribution in [0.4, 0.5) is 16.2 Å². The number of fused-ring (bicyclic) bond motifs is 1. The average molecular weight is 382 g/mol. The number of pyridine rings is 1. The fraction of sp³-hybridized carbons (Fsp3) is 0.0526. The van der Waals surface area contributed by atoms with Gasteiger partial charge in [0.05, 0.1) is 5.02 Å². The lowest BCUT2D eigenvalue weighted by atomic mass is 10.1. The number of carbonyl (C=O) groups is 1. The molecule has 0 unspecified atom stereocenters. The summed E-state index contributed by atoms with van der Waals surface area (Å²) in [5.41, 5.74) is 2.26. The topological polar surface area (TPSA) is 63.4 Å². The summed E-state index contributed by atoms with van der Waals surface area (Å²) in [7, 11) is 1.77. The molecule has 0 amide bonds. The number of aromatic nitrogens is 4. The van der Waals surface area contributed by atoms with Crippen molar-refractivity contribution in [1.82, 2.24) is 19.4 Å². The van der Waals surface area contributed by atoms with Crippen molar-refractivity contribution in [2.45, 2.75) is 0 Å². The third-order valence-electron chi connectivity index (χ3n) is 4.08. The molecule has 0 spiro atoms. The Morgan fingerprint density at radius 1 is 1.11 bits per heavy atom. The third-order valence-corrected chi connectivity index (χ3v) is 4.30. The van der Waals surface area contributed by atoms with Crippen molar-refractivity contribution < 1.29 is 9.18 Å². The Morgan fingerprint density at radius 2 is 1.89 bits per heavy atom. The van der Waals surface area contributed by atoms with Crippen molar-refractivity contribution >= 4 is 35.3 Å². The highest BCUT2D eigenvalue weighted by Crippen LogP contribution is 2.34. The van der Waals surface area contributed by atoms with Gasteiger partial charge in [-0.1, -0.05) is 11.6 Å². The molecule has 4 rings (SSSR count). The van der Waals surface area contributed by atoms with Crippen molar-refractivity contribution in [2.24, 2.45) is 0 Å². The molecule has 134 valence electrons. The fourth-order valence-electron chi connectivity index (χ4n) is 2.81. The molecule has 0 radical (unpaired) electrons. The number of aldehydes is 1. The van der Waals surface area contributed by atoms with Crippen molar-refractivity contribution in [2.75, 3.05) is 11.9 Å². The molecule has 0 aliphatic carbocycles. The van der Waals surface area contributed by atoms with Gasteiger partial charge in [-0.3, -0.25) is 14.1 Å². The zero-order valence-corrected chi connectivity index (χ0v) is 14.9. The molecule has 0 aliphatic rings. The van der Waals surface area contributed by atoms with E-state index in [2.05, 4.69) is 15.0 Å². The molecule has 1 aromatic carbocycles. The van der Waals surface area contributed by atoms with Crippen molar-refractivity contribution in [3.63, 3.8) is 0 Å². The van der Waals surface area contributed by atoms with Crippen LogP contribution in [0.1, 0.15) is 10.5 Å². The largest absolute Gasteiger partial charge is 0.297 e. The molecule has 0 aliphatic heterocycles. The summed E-state index contributed by atoms with van der Waals surface area (Å²) in [6, 6.07) is 11.1. The number of anilines is 2. The number of benzene rings is 1. The molecule has 0 saturated heterocycles. The summed E-state index contributed by atoms with van der Waals surface area (Å²) >= 11 is 6.17. The second-order valence-corrected chi connectivity index (χ2v) is 6.26. The maximum atomic E-state index is 13.4. The molecule has 0 bridgehead atoms. The Balaban J connectivity index is 1.96. The number of hydrogen-bond donors (Lipinski definition) is 0. The maximum absolute atomic E-state index is 13.4. The fourth-order valence-corrected chi connectivity index (χ4v) is 2.97. The predicted octanol–water partition coefficient (Wildman–Crippen LogP) is 4.16. The first-order chi connectivity index (χ1) is 13.1. The SMILES string of the molecule is CN(c1nccc(C=O)n1)c1c(-c2ccc(F)cc2)nc2ccc(Cl)cn12. The monoisotopic (exact) mass is 381 g/mol. The third kappa shape index (κ3) is 3.13. The van der Waals surface area contributed by atoms with Crippen LogP contribution >= 0.6 is 11.6 Å². The molecule has 0 N–H and O–H groups in total. The Morgan fingerprint density at radius 3 is 2.63 bits per heavy atom. The van der Waals surface area contributed by atoms with E-state index < -0.39 is 0 Å². The van der Waals surface area contributed by atoms with Crippen molar-refractivity contribution in [1.29, 1.82) is 0 Å². The van der Waals surface area contributed by atoms with Gasteiger partial charge in [0, 0.05) is 25.0 Å². The van der Waals surface area contributed by atoms with Crippen LogP contribution in [0.5, 0.6) is 0 Å². The second-order valence-electron chi connectivity index (χ2n) is 5.82. The smallest absolute Gasteiger partial charge is 0.231 e. The molecule has 0 saturated carbocycles. The number of carbonyl (C=O) groups excluding carboxylic acids is 1. The van der Waals surface area contributed by atoms with E-state index >= 15 is 0 Å². The lowest BCUT2D eigenvalue weighted by Gasteiger charge is -2.18. The summed E-state index contributed by atoms with van der Waals surface area (Å²) in [6.45, 7) is 0. The number of nitrogens with zero attached hydrogens (tertiary/aromatic N) is 5. The Hall–Kier alpha value is -3.32. The van der Waals surface area contributed by atoms with Gasteiger partial charge in [0.25, 0.3) is 0 Å². The van der Waals surface area contributed by atoms with Gasteiger partial charge in [-0.05, 0) is 42.5 Å². The van der Waals surface area contributed by atoms with Crippen LogP contribution < -0.4 is 4.90 Å². The van der Waals surface area contributed by atoms with Crippen LogP contribution in [0, 0.1) is 5.82 Å². The van der Waals surface area contributed by atoms with E-state index in [0.29, 0.717) is 34.4 Å². The van der Waals surface area contributed by atoms with E-state index in [1.165, 1.54) is 24.4 Å². The molecular weight excluding hydrogens is 369 g/mol. The van der Waals surface area contributed by atoms with Crippen LogP contribution in [0.25, 0.3) is 16.9 Å². The van der Waals surface area contributed by atoms with Gasteiger partial charge in [-0.25, -0.2) is 19.3 Å². The van der Waals surface area contributed by atoms with Gasteiger partial charge < -0.3 is 0 Å². The quantitative estimate of drug-likeness (QED) is 0.496. The van der Waals surface area contributed by atoms with Crippen molar-refractivity contribution in [3.8, 4) is 11.3 Å². The summed E-state index contributed by atoms with van der Waals surface area (Å²) in [6.07, 6.45) is 3.90. The van der Waals surface area contributed by atoms with Crippen LogP contribution in [0.15, 0.2) is 54.9 Å². The van der Waals surface area contributed by atoms with Gasteiger partial charge in [0.1, 0.15) is 28.7 Å². The minimum atomic E-state index is -0.331. The maximum Gasteiger partial charge on any atom is 0.231 e. The first-order valence-electron chi connectivity index (χ1n) is 8.02. The number of imidazole rings is 1. The molecule has 4 aromatic rings. The molecule has 0 fully saturated rings. The lowest BCUT2D eigenvalue weighted by Crippen LogP contribution is -2.16. The molecule has 0 atom stereocenters. The number of halogens is 2. The Labute approximate surface area is 158 Å². The Kier molecular flexibility index (Phi) is 4.29. The van der Waals surface area contributed by atoms with E-state index in [1.807, 2.05) is 0 Å². The number of hydrogen-bond acceptors (Lipinski definition) is 5. The lowest BCUT2D eigenvalue weighted by molar-refractivity contribution is 0.111. The molecule has 3 aromatic heterocycles. The summed E-state index contributed by atoms with van der Waals surface area (Å²) < 4.78 is 15.2. The van der Waals surface area contributed by atoms with E-state index in [1.54, 1.807) is 46.8 Å². The zero-order chi connectivity index (χ0) is 19.0. The molecule has 6 nitrogen and oxygen atoms in total.